The average Bonchev–Trinajstić information content (AvgIpc) is 2.69. The van der Waals surface area contributed by atoms with Crippen LogP contribution in [0.3, 0.4) is 0 Å². The van der Waals surface area contributed by atoms with Crippen LogP contribution in [0.2, 0.25) is 0 Å². The number of aromatic nitrogens is 2. The van der Waals surface area contributed by atoms with Crippen molar-refractivity contribution in [2.45, 2.75) is 13.8 Å². The monoisotopic (exact) mass is 200 g/mol. The summed E-state index contributed by atoms with van der Waals surface area (Å²) in [6.07, 6.45) is 3.23. The lowest BCUT2D eigenvalue weighted by molar-refractivity contribution is 0.103. The molecule has 0 aliphatic heterocycles. The predicted molar refractivity (Wildman–Crippen MR) is 57.9 cm³/mol. The zero-order valence-electron chi connectivity index (χ0n) is 8.74. The molecule has 1 aromatic heterocycles. The van der Waals surface area contributed by atoms with Crippen molar-refractivity contribution in [3.63, 3.8) is 0 Å². The second kappa shape index (κ2) is 3.69. The number of carbonyl (C=O) groups is 1. The number of carbonyl (C=O) groups excluding carboxylic acids is 1. The molecule has 0 atom stereocenters. The van der Waals surface area contributed by atoms with Gasteiger partial charge in [0, 0.05) is 18.0 Å². The Kier molecular flexibility index (Phi) is 2.37. The number of imidazole rings is 1. The van der Waals surface area contributed by atoms with Gasteiger partial charge in [-0.1, -0.05) is 23.8 Å². The number of rotatable bonds is 2. The van der Waals surface area contributed by atoms with E-state index in [2.05, 4.69) is 9.97 Å². The smallest absolute Gasteiger partial charge is 0.228 e. The van der Waals surface area contributed by atoms with Crippen molar-refractivity contribution in [3.8, 4) is 0 Å². The third-order valence-electron chi connectivity index (χ3n) is 2.34. The fourth-order valence-electron chi connectivity index (χ4n) is 1.59. The standard InChI is InChI=1S/C12H12N2O/c1-8-3-4-10(9(2)7-8)11(15)12-13-5-6-14-12/h3-7H,1-2H3,(H,13,14). The molecule has 0 saturated carbocycles. The highest BCUT2D eigenvalue weighted by Crippen LogP contribution is 2.13. The van der Waals surface area contributed by atoms with Crippen LogP contribution in [0.25, 0.3) is 0 Å². The fraction of sp³-hybridized carbons (Fsp3) is 0.167. The van der Waals surface area contributed by atoms with Crippen LogP contribution in [0.1, 0.15) is 27.3 Å². The number of benzene rings is 1. The zero-order chi connectivity index (χ0) is 10.8. The Labute approximate surface area is 88.2 Å². The molecule has 0 amide bonds. The van der Waals surface area contributed by atoms with Crippen molar-refractivity contribution >= 4 is 5.78 Å². The fourth-order valence-corrected chi connectivity index (χ4v) is 1.59. The maximum Gasteiger partial charge on any atom is 0.228 e. The lowest BCUT2D eigenvalue weighted by atomic mass is 10.0. The van der Waals surface area contributed by atoms with Gasteiger partial charge in [0.05, 0.1) is 0 Å². The normalized spacial score (nSPS) is 10.3. The van der Waals surface area contributed by atoms with E-state index in [0.717, 1.165) is 11.1 Å². The van der Waals surface area contributed by atoms with Crippen molar-refractivity contribution < 1.29 is 4.79 Å². The van der Waals surface area contributed by atoms with E-state index in [-0.39, 0.29) is 5.78 Å². The van der Waals surface area contributed by atoms with E-state index in [9.17, 15) is 4.79 Å². The first kappa shape index (κ1) is 9.65. The van der Waals surface area contributed by atoms with Crippen molar-refractivity contribution in [1.82, 2.24) is 9.97 Å². The first-order valence-electron chi connectivity index (χ1n) is 4.80. The molecule has 2 aromatic rings. The number of nitrogens with zero attached hydrogens (tertiary/aromatic N) is 1. The van der Waals surface area contributed by atoms with Crippen LogP contribution in [0.4, 0.5) is 0 Å². The van der Waals surface area contributed by atoms with Crippen LogP contribution >= 0.6 is 0 Å². The lowest BCUT2D eigenvalue weighted by Gasteiger charge is -2.03. The molecule has 0 saturated heterocycles. The van der Waals surface area contributed by atoms with E-state index in [1.165, 1.54) is 0 Å². The van der Waals surface area contributed by atoms with Crippen molar-refractivity contribution in [2.75, 3.05) is 0 Å². The lowest BCUT2D eigenvalue weighted by Crippen LogP contribution is -2.05. The van der Waals surface area contributed by atoms with Crippen LogP contribution in [0.5, 0.6) is 0 Å². The minimum absolute atomic E-state index is 0.0579. The largest absolute Gasteiger partial charge is 0.342 e. The van der Waals surface area contributed by atoms with Gasteiger partial charge < -0.3 is 4.98 Å². The summed E-state index contributed by atoms with van der Waals surface area (Å²) in [6.45, 7) is 3.94. The molecule has 2 rings (SSSR count). The molecular formula is C12H12N2O. The van der Waals surface area contributed by atoms with Gasteiger partial charge in [-0.05, 0) is 19.4 Å². The highest BCUT2D eigenvalue weighted by Gasteiger charge is 2.13. The van der Waals surface area contributed by atoms with E-state index in [4.69, 9.17) is 0 Å². The third-order valence-corrected chi connectivity index (χ3v) is 2.34. The summed E-state index contributed by atoms with van der Waals surface area (Å²) in [5.74, 6) is 0.333. The molecule has 0 fully saturated rings. The van der Waals surface area contributed by atoms with Gasteiger partial charge in [0.25, 0.3) is 0 Å². The second-order valence-corrected chi connectivity index (χ2v) is 3.59. The number of hydrogen-bond acceptors (Lipinski definition) is 2. The van der Waals surface area contributed by atoms with Crippen LogP contribution in [-0.2, 0) is 0 Å². The van der Waals surface area contributed by atoms with Gasteiger partial charge in [-0.25, -0.2) is 4.98 Å². The minimum atomic E-state index is -0.0579. The molecule has 0 spiro atoms. The summed E-state index contributed by atoms with van der Waals surface area (Å²) < 4.78 is 0. The van der Waals surface area contributed by atoms with Crippen LogP contribution < -0.4 is 0 Å². The molecule has 3 heteroatoms. The summed E-state index contributed by atoms with van der Waals surface area (Å²) in [5, 5.41) is 0. The maximum absolute atomic E-state index is 11.9. The molecule has 0 bridgehead atoms. The van der Waals surface area contributed by atoms with Gasteiger partial charge >= 0.3 is 0 Å². The van der Waals surface area contributed by atoms with E-state index in [1.807, 2.05) is 32.0 Å². The maximum atomic E-state index is 11.9. The number of aromatic amines is 1. The molecule has 3 nitrogen and oxygen atoms in total. The molecule has 1 aromatic carbocycles. The number of aryl methyl sites for hydroxylation is 2. The van der Waals surface area contributed by atoms with Gasteiger partial charge in [-0.3, -0.25) is 4.79 Å². The van der Waals surface area contributed by atoms with E-state index < -0.39 is 0 Å². The van der Waals surface area contributed by atoms with Crippen molar-refractivity contribution in [3.05, 3.63) is 53.1 Å². The summed E-state index contributed by atoms with van der Waals surface area (Å²) in [6, 6.07) is 5.77. The summed E-state index contributed by atoms with van der Waals surface area (Å²) in [7, 11) is 0. The molecule has 76 valence electrons. The first-order chi connectivity index (χ1) is 7.18. The molecule has 0 unspecified atom stereocenters. The Morgan fingerprint density at radius 3 is 2.73 bits per heavy atom. The van der Waals surface area contributed by atoms with E-state index in [1.54, 1.807) is 12.4 Å². The van der Waals surface area contributed by atoms with Crippen LogP contribution in [-0.4, -0.2) is 15.8 Å². The van der Waals surface area contributed by atoms with Gasteiger partial charge in [0.15, 0.2) is 5.82 Å². The number of hydrogen-bond donors (Lipinski definition) is 1. The number of nitrogens with one attached hydrogen (secondary N) is 1. The quantitative estimate of drug-likeness (QED) is 0.756. The molecule has 1 N–H and O–H groups in total. The van der Waals surface area contributed by atoms with Crippen LogP contribution in [0.15, 0.2) is 30.6 Å². The molecule has 0 radical (unpaired) electrons. The van der Waals surface area contributed by atoms with Gasteiger partial charge in [0.1, 0.15) is 0 Å². The highest BCUT2D eigenvalue weighted by atomic mass is 16.1. The second-order valence-electron chi connectivity index (χ2n) is 3.59. The Bertz CT molecular complexity index is 486. The topological polar surface area (TPSA) is 45.8 Å². The SMILES string of the molecule is Cc1ccc(C(=O)c2ncc[nH]2)c(C)c1. The van der Waals surface area contributed by atoms with Gasteiger partial charge in [-0.15, -0.1) is 0 Å². The van der Waals surface area contributed by atoms with Crippen LogP contribution in [0, 0.1) is 13.8 Å². The van der Waals surface area contributed by atoms with E-state index in [0.29, 0.717) is 11.4 Å². The van der Waals surface area contributed by atoms with Crippen molar-refractivity contribution in [1.29, 1.82) is 0 Å². The molecule has 0 aliphatic rings. The predicted octanol–water partition coefficient (Wildman–Crippen LogP) is 2.26. The minimum Gasteiger partial charge on any atom is -0.342 e. The first-order valence-corrected chi connectivity index (χ1v) is 4.80. The summed E-state index contributed by atoms with van der Waals surface area (Å²) in [5.41, 5.74) is 2.84. The molecule has 0 aliphatic carbocycles. The van der Waals surface area contributed by atoms with Gasteiger partial charge in [0.2, 0.25) is 5.78 Å². The summed E-state index contributed by atoms with van der Waals surface area (Å²) in [4.78, 5) is 18.7. The Balaban J connectivity index is 2.42. The number of ketones is 1. The summed E-state index contributed by atoms with van der Waals surface area (Å²) >= 11 is 0. The third kappa shape index (κ3) is 1.81. The molecule has 1 heterocycles. The Hall–Kier alpha value is -1.90. The van der Waals surface area contributed by atoms with E-state index >= 15 is 0 Å². The Morgan fingerprint density at radius 1 is 1.33 bits per heavy atom. The van der Waals surface area contributed by atoms with Crippen molar-refractivity contribution in [2.24, 2.45) is 0 Å². The average molecular weight is 200 g/mol. The molecular weight excluding hydrogens is 188 g/mol. The Morgan fingerprint density at radius 2 is 2.13 bits per heavy atom. The zero-order valence-corrected chi connectivity index (χ0v) is 8.74. The van der Waals surface area contributed by atoms with Gasteiger partial charge in [-0.2, -0.15) is 0 Å². The highest BCUT2D eigenvalue weighted by molar-refractivity contribution is 6.07. The molecule has 15 heavy (non-hydrogen) atoms. The number of H-pyrrole nitrogens is 1.